The van der Waals surface area contributed by atoms with Crippen LogP contribution in [0.15, 0.2) is 0 Å². The second-order valence-corrected chi connectivity index (χ2v) is 8.02. The Morgan fingerprint density at radius 3 is 2.38 bits per heavy atom. The van der Waals surface area contributed by atoms with Crippen LogP contribution in [0.25, 0.3) is 0 Å². The summed E-state index contributed by atoms with van der Waals surface area (Å²) in [6.07, 6.45) is 5.91. The van der Waals surface area contributed by atoms with E-state index in [1.54, 1.807) is 7.05 Å². The third-order valence-corrected chi connectivity index (χ3v) is 6.04. The minimum atomic E-state index is -0.288. The molecule has 1 heterocycles. The molecule has 0 aromatic heterocycles. The molecule has 120 valence electrons. The lowest BCUT2D eigenvalue weighted by atomic mass is 9.90. The summed E-state index contributed by atoms with van der Waals surface area (Å²) in [6, 6.07) is 0.873. The van der Waals surface area contributed by atoms with E-state index in [1.165, 1.54) is 38.8 Å². The van der Waals surface area contributed by atoms with E-state index < -0.39 is 0 Å². The zero-order chi connectivity index (χ0) is 15.0. The van der Waals surface area contributed by atoms with E-state index in [-0.39, 0.29) is 11.3 Å². The van der Waals surface area contributed by atoms with Gasteiger partial charge in [0.15, 0.2) is 0 Å². The number of carbonyl (C=O) groups excluding carboxylic acids is 1. The first-order valence-corrected chi connectivity index (χ1v) is 8.68. The van der Waals surface area contributed by atoms with E-state index in [0.717, 1.165) is 37.5 Å². The van der Waals surface area contributed by atoms with Crippen LogP contribution < -0.4 is 5.32 Å². The number of hydrogen-bond donors (Lipinski definition) is 1. The largest absolute Gasteiger partial charge is 0.359 e. The predicted molar refractivity (Wildman–Crippen MR) is 85.1 cm³/mol. The molecule has 2 saturated carbocycles. The third-order valence-electron chi connectivity index (χ3n) is 6.04. The maximum atomic E-state index is 11.9. The first-order chi connectivity index (χ1) is 9.99. The maximum absolute atomic E-state index is 11.9. The maximum Gasteiger partial charge on any atom is 0.226 e. The Kier molecular flexibility index (Phi) is 4.28. The number of hydrogen-bond acceptors (Lipinski definition) is 3. The molecule has 2 aliphatic carbocycles. The standard InChI is InChI=1S/C17H31N3O/c1-17(2,16(21)18-3)12-19-6-8-20(9-7-19)15-11-13-4-5-14(15)10-13/h13-15H,4-12H2,1-3H3,(H,18,21)/t13-,14-,15-/m0/s1. The van der Waals surface area contributed by atoms with Crippen LogP contribution >= 0.6 is 0 Å². The molecule has 0 radical (unpaired) electrons. The van der Waals surface area contributed by atoms with Crippen LogP contribution in [-0.2, 0) is 4.79 Å². The number of nitrogens with zero attached hydrogens (tertiary/aromatic N) is 2. The zero-order valence-electron chi connectivity index (χ0n) is 13.9. The molecule has 3 aliphatic rings. The van der Waals surface area contributed by atoms with Gasteiger partial charge in [0.1, 0.15) is 0 Å². The summed E-state index contributed by atoms with van der Waals surface area (Å²) < 4.78 is 0. The average Bonchev–Trinajstić information content (AvgIpc) is 3.09. The van der Waals surface area contributed by atoms with Gasteiger partial charge < -0.3 is 5.32 Å². The molecular weight excluding hydrogens is 262 g/mol. The molecule has 3 atom stereocenters. The minimum absolute atomic E-state index is 0.151. The normalized spacial score (nSPS) is 34.3. The van der Waals surface area contributed by atoms with Gasteiger partial charge in [0, 0.05) is 45.8 Å². The smallest absolute Gasteiger partial charge is 0.226 e. The summed E-state index contributed by atoms with van der Waals surface area (Å²) >= 11 is 0. The van der Waals surface area contributed by atoms with Crippen molar-refractivity contribution in [1.82, 2.24) is 15.1 Å². The van der Waals surface area contributed by atoms with Crippen molar-refractivity contribution in [1.29, 1.82) is 0 Å². The molecular formula is C17H31N3O. The van der Waals surface area contributed by atoms with Gasteiger partial charge in [0.05, 0.1) is 5.41 Å². The topological polar surface area (TPSA) is 35.6 Å². The van der Waals surface area contributed by atoms with Gasteiger partial charge in [-0.15, -0.1) is 0 Å². The third kappa shape index (κ3) is 3.11. The summed E-state index contributed by atoms with van der Waals surface area (Å²) in [5.41, 5.74) is -0.288. The molecule has 3 fully saturated rings. The van der Waals surface area contributed by atoms with Crippen LogP contribution in [0.4, 0.5) is 0 Å². The van der Waals surface area contributed by atoms with Crippen LogP contribution in [0.5, 0.6) is 0 Å². The van der Waals surface area contributed by atoms with Crippen LogP contribution in [0.2, 0.25) is 0 Å². The van der Waals surface area contributed by atoms with Crippen molar-refractivity contribution in [2.24, 2.45) is 17.3 Å². The Bertz CT molecular complexity index is 387. The molecule has 2 bridgehead atoms. The average molecular weight is 293 g/mol. The van der Waals surface area contributed by atoms with Crippen molar-refractivity contribution in [2.45, 2.75) is 45.6 Å². The Labute approximate surface area is 129 Å². The molecule has 1 amide bonds. The van der Waals surface area contributed by atoms with E-state index in [2.05, 4.69) is 15.1 Å². The van der Waals surface area contributed by atoms with Gasteiger partial charge in [-0.3, -0.25) is 14.6 Å². The van der Waals surface area contributed by atoms with Gasteiger partial charge >= 0.3 is 0 Å². The van der Waals surface area contributed by atoms with E-state index in [1.807, 2.05) is 13.8 Å². The molecule has 1 saturated heterocycles. The van der Waals surface area contributed by atoms with Crippen molar-refractivity contribution >= 4 is 5.91 Å². The SMILES string of the molecule is CNC(=O)C(C)(C)CN1CCN([C@H]2C[C@H]3CC[C@H]2C3)CC1. The first-order valence-electron chi connectivity index (χ1n) is 8.68. The molecule has 1 N–H and O–H groups in total. The quantitative estimate of drug-likeness (QED) is 0.854. The van der Waals surface area contributed by atoms with Gasteiger partial charge in [-0.2, -0.15) is 0 Å². The van der Waals surface area contributed by atoms with Gasteiger partial charge in [0.25, 0.3) is 0 Å². The first kappa shape index (κ1) is 15.3. The molecule has 1 aliphatic heterocycles. The van der Waals surface area contributed by atoms with E-state index in [9.17, 15) is 4.79 Å². The number of nitrogens with one attached hydrogen (secondary N) is 1. The lowest BCUT2D eigenvalue weighted by Crippen LogP contribution is -2.54. The lowest BCUT2D eigenvalue weighted by molar-refractivity contribution is -0.130. The Morgan fingerprint density at radius 2 is 1.86 bits per heavy atom. The van der Waals surface area contributed by atoms with E-state index >= 15 is 0 Å². The van der Waals surface area contributed by atoms with Gasteiger partial charge in [-0.1, -0.05) is 6.42 Å². The molecule has 0 aromatic rings. The van der Waals surface area contributed by atoms with Crippen molar-refractivity contribution in [3.8, 4) is 0 Å². The highest BCUT2D eigenvalue weighted by atomic mass is 16.2. The second-order valence-electron chi connectivity index (χ2n) is 8.02. The number of carbonyl (C=O) groups is 1. The Hall–Kier alpha value is -0.610. The van der Waals surface area contributed by atoms with E-state index in [0.29, 0.717) is 0 Å². The number of fused-ring (bicyclic) bond motifs is 2. The predicted octanol–water partition coefficient (Wildman–Crippen LogP) is 1.56. The van der Waals surface area contributed by atoms with Crippen LogP contribution in [0, 0.1) is 17.3 Å². The number of rotatable bonds is 4. The monoisotopic (exact) mass is 293 g/mol. The summed E-state index contributed by atoms with van der Waals surface area (Å²) in [4.78, 5) is 17.1. The Morgan fingerprint density at radius 1 is 1.14 bits per heavy atom. The van der Waals surface area contributed by atoms with Crippen LogP contribution in [0.3, 0.4) is 0 Å². The van der Waals surface area contributed by atoms with E-state index in [4.69, 9.17) is 0 Å². The van der Waals surface area contributed by atoms with Crippen LogP contribution in [-0.4, -0.2) is 61.5 Å². The number of piperazine rings is 1. The second kappa shape index (κ2) is 5.88. The van der Waals surface area contributed by atoms with Crippen molar-refractivity contribution < 1.29 is 4.79 Å². The molecule has 0 unspecified atom stereocenters. The highest BCUT2D eigenvalue weighted by molar-refractivity contribution is 5.81. The molecule has 3 rings (SSSR count). The molecule has 4 heteroatoms. The van der Waals surface area contributed by atoms with Crippen molar-refractivity contribution in [2.75, 3.05) is 39.8 Å². The van der Waals surface area contributed by atoms with Crippen molar-refractivity contribution in [3.63, 3.8) is 0 Å². The van der Waals surface area contributed by atoms with Gasteiger partial charge in [0.2, 0.25) is 5.91 Å². The highest BCUT2D eigenvalue weighted by Crippen LogP contribution is 2.46. The summed E-state index contributed by atoms with van der Waals surface area (Å²) in [6.45, 7) is 9.59. The van der Waals surface area contributed by atoms with Crippen LogP contribution in [0.1, 0.15) is 39.5 Å². The molecule has 0 aromatic carbocycles. The lowest BCUT2D eigenvalue weighted by Gasteiger charge is -2.42. The molecule has 0 spiro atoms. The summed E-state index contributed by atoms with van der Waals surface area (Å²) in [5, 5.41) is 2.79. The van der Waals surface area contributed by atoms with Gasteiger partial charge in [-0.05, 0) is 44.9 Å². The fourth-order valence-electron chi connectivity index (χ4n) is 4.88. The summed E-state index contributed by atoms with van der Waals surface area (Å²) in [5.74, 6) is 2.17. The molecule has 4 nitrogen and oxygen atoms in total. The minimum Gasteiger partial charge on any atom is -0.359 e. The fraction of sp³-hybridized carbons (Fsp3) is 0.941. The Balaban J connectivity index is 1.48. The van der Waals surface area contributed by atoms with Crippen molar-refractivity contribution in [3.05, 3.63) is 0 Å². The highest BCUT2D eigenvalue weighted by Gasteiger charge is 2.43. The zero-order valence-corrected chi connectivity index (χ0v) is 13.9. The number of amides is 1. The molecule has 21 heavy (non-hydrogen) atoms. The summed E-state index contributed by atoms with van der Waals surface area (Å²) in [7, 11) is 1.73. The fourth-order valence-corrected chi connectivity index (χ4v) is 4.88. The van der Waals surface area contributed by atoms with Gasteiger partial charge in [-0.25, -0.2) is 0 Å².